The van der Waals surface area contributed by atoms with Gasteiger partial charge in [0.2, 0.25) is 0 Å². The Bertz CT molecular complexity index is 670. The topological polar surface area (TPSA) is 59.6 Å². The average Bonchev–Trinajstić information content (AvgIpc) is 3.00. The van der Waals surface area contributed by atoms with Gasteiger partial charge in [-0.05, 0) is 37.4 Å². The number of hydrogen-bond donors (Lipinski definition) is 2. The first-order valence-corrected chi connectivity index (χ1v) is 6.59. The zero-order valence-corrected chi connectivity index (χ0v) is 11.1. The Morgan fingerprint density at radius 2 is 1.94 bits per heavy atom. The fourth-order valence-corrected chi connectivity index (χ4v) is 3.17. The van der Waals surface area contributed by atoms with E-state index in [1.807, 2.05) is 6.07 Å². The number of aromatic nitrogens is 3. The molecule has 0 amide bonds. The number of aromatic amines is 1. The fourth-order valence-electron chi connectivity index (χ4n) is 2.14. The molecule has 0 bridgehead atoms. The van der Waals surface area contributed by atoms with Gasteiger partial charge in [0.05, 0.1) is 5.69 Å². The normalized spacial score (nSPS) is 11.0. The van der Waals surface area contributed by atoms with Crippen molar-refractivity contribution in [2.45, 2.75) is 13.8 Å². The van der Waals surface area contributed by atoms with E-state index in [2.05, 4.69) is 52.2 Å². The molecule has 0 radical (unpaired) electrons. The number of rotatable bonds is 2. The van der Waals surface area contributed by atoms with Crippen molar-refractivity contribution in [1.29, 1.82) is 0 Å². The molecule has 0 atom stereocenters. The first kappa shape index (κ1) is 11.1. The van der Waals surface area contributed by atoms with E-state index in [0.29, 0.717) is 5.82 Å². The van der Waals surface area contributed by atoms with Crippen molar-refractivity contribution in [2.24, 2.45) is 0 Å². The predicted octanol–water partition coefficient (Wildman–Crippen LogP) is 3.13. The van der Waals surface area contributed by atoms with Crippen molar-refractivity contribution < 1.29 is 0 Å². The molecule has 0 aromatic carbocycles. The molecule has 3 rings (SSSR count). The lowest BCUT2D eigenvalue weighted by Crippen LogP contribution is -1.97. The monoisotopic (exact) mass is 258 g/mol. The number of nitrogens with zero attached hydrogens (tertiary/aromatic N) is 2. The van der Waals surface area contributed by atoms with E-state index in [1.54, 1.807) is 11.3 Å². The molecule has 0 aliphatic heterocycles. The van der Waals surface area contributed by atoms with Crippen LogP contribution in [0.25, 0.3) is 16.3 Å². The molecule has 0 aliphatic rings. The smallest absolute Gasteiger partial charge is 0.145 e. The van der Waals surface area contributed by atoms with Crippen LogP contribution in [0.5, 0.6) is 0 Å². The summed E-state index contributed by atoms with van der Waals surface area (Å²) in [6, 6.07) is 8.20. The maximum absolute atomic E-state index is 5.67. The van der Waals surface area contributed by atoms with Crippen LogP contribution < -0.4 is 5.73 Å². The summed E-state index contributed by atoms with van der Waals surface area (Å²) < 4.78 is 2.25. The number of H-pyrrole nitrogens is 1. The molecular formula is C13H14N4S. The van der Waals surface area contributed by atoms with Gasteiger partial charge in [-0.1, -0.05) is 0 Å². The van der Waals surface area contributed by atoms with Crippen LogP contribution in [-0.4, -0.2) is 14.8 Å². The summed E-state index contributed by atoms with van der Waals surface area (Å²) >= 11 is 1.71. The van der Waals surface area contributed by atoms with Crippen LogP contribution >= 0.6 is 11.3 Å². The molecule has 0 fully saturated rings. The zero-order valence-electron chi connectivity index (χ0n) is 10.3. The molecule has 0 saturated carbocycles. The minimum atomic E-state index is 0.517. The van der Waals surface area contributed by atoms with Gasteiger partial charge in [0.25, 0.3) is 0 Å². The largest absolute Gasteiger partial charge is 0.382 e. The standard InChI is InChI=1S/C13H14N4S/c1-8-3-4-9(2)17(8)13-10(5-6-18-13)11-7-12(14)16-15-11/h3-7H,1-2H3,(H3,14,15,16). The van der Waals surface area contributed by atoms with Crippen LogP contribution in [0, 0.1) is 13.8 Å². The molecule has 92 valence electrons. The van der Waals surface area contributed by atoms with Crippen LogP contribution in [0.15, 0.2) is 29.6 Å². The Hall–Kier alpha value is -2.01. The van der Waals surface area contributed by atoms with Gasteiger partial charge in [-0.3, -0.25) is 5.10 Å². The van der Waals surface area contributed by atoms with Gasteiger partial charge in [0.15, 0.2) is 0 Å². The molecule has 0 aliphatic carbocycles. The second-order valence-electron chi connectivity index (χ2n) is 4.30. The number of thiophene rings is 1. The van der Waals surface area contributed by atoms with E-state index in [4.69, 9.17) is 5.73 Å². The lowest BCUT2D eigenvalue weighted by Gasteiger charge is -2.09. The predicted molar refractivity (Wildman–Crippen MR) is 75.1 cm³/mol. The van der Waals surface area contributed by atoms with E-state index < -0.39 is 0 Å². The van der Waals surface area contributed by atoms with Crippen LogP contribution in [0.3, 0.4) is 0 Å². The summed E-state index contributed by atoms with van der Waals surface area (Å²) in [5, 5.41) is 10.2. The van der Waals surface area contributed by atoms with E-state index in [9.17, 15) is 0 Å². The van der Waals surface area contributed by atoms with Crippen molar-refractivity contribution in [3.05, 3.63) is 41.0 Å². The minimum absolute atomic E-state index is 0.517. The van der Waals surface area contributed by atoms with Crippen molar-refractivity contribution in [3.63, 3.8) is 0 Å². The molecule has 4 nitrogen and oxygen atoms in total. The Morgan fingerprint density at radius 1 is 1.22 bits per heavy atom. The summed E-state index contributed by atoms with van der Waals surface area (Å²) in [6.45, 7) is 4.22. The second kappa shape index (κ2) is 4.03. The average molecular weight is 258 g/mol. The third-order valence-electron chi connectivity index (χ3n) is 3.01. The highest BCUT2D eigenvalue weighted by molar-refractivity contribution is 7.13. The summed E-state index contributed by atoms with van der Waals surface area (Å²) in [7, 11) is 0. The zero-order chi connectivity index (χ0) is 12.7. The van der Waals surface area contributed by atoms with Crippen LogP contribution in [0.4, 0.5) is 5.82 Å². The van der Waals surface area contributed by atoms with Gasteiger partial charge in [-0.25, -0.2) is 0 Å². The van der Waals surface area contributed by atoms with Gasteiger partial charge in [-0.15, -0.1) is 11.3 Å². The third kappa shape index (κ3) is 1.64. The molecule has 5 heteroatoms. The molecule has 18 heavy (non-hydrogen) atoms. The van der Waals surface area contributed by atoms with Crippen molar-refractivity contribution in [1.82, 2.24) is 14.8 Å². The van der Waals surface area contributed by atoms with Gasteiger partial charge in [0, 0.05) is 23.0 Å². The quantitative estimate of drug-likeness (QED) is 0.742. The third-order valence-corrected chi connectivity index (χ3v) is 3.90. The number of nitrogen functional groups attached to an aromatic ring is 1. The van der Waals surface area contributed by atoms with Gasteiger partial charge >= 0.3 is 0 Å². The number of nitrogens with one attached hydrogen (secondary N) is 1. The summed E-state index contributed by atoms with van der Waals surface area (Å²) in [4.78, 5) is 0. The molecule has 0 unspecified atom stereocenters. The van der Waals surface area contributed by atoms with E-state index in [1.165, 1.54) is 16.4 Å². The maximum Gasteiger partial charge on any atom is 0.145 e. The molecule has 3 aromatic heterocycles. The molecule has 3 N–H and O–H groups in total. The van der Waals surface area contributed by atoms with Gasteiger partial charge in [-0.2, -0.15) is 5.10 Å². The highest BCUT2D eigenvalue weighted by Gasteiger charge is 2.13. The number of hydrogen-bond acceptors (Lipinski definition) is 3. The molecular weight excluding hydrogens is 244 g/mol. The van der Waals surface area contributed by atoms with E-state index in [0.717, 1.165) is 11.3 Å². The SMILES string of the molecule is Cc1ccc(C)n1-c1sccc1-c1cc(N)n[nH]1. The van der Waals surface area contributed by atoms with Gasteiger partial charge < -0.3 is 10.3 Å². The van der Waals surface area contributed by atoms with Gasteiger partial charge in [0.1, 0.15) is 10.8 Å². The molecule has 3 aromatic rings. The summed E-state index contributed by atoms with van der Waals surface area (Å²) in [5.41, 5.74) is 10.2. The summed E-state index contributed by atoms with van der Waals surface area (Å²) in [6.07, 6.45) is 0. The van der Waals surface area contributed by atoms with Crippen LogP contribution in [-0.2, 0) is 0 Å². The number of anilines is 1. The Balaban J connectivity index is 2.18. The first-order chi connectivity index (χ1) is 8.66. The highest BCUT2D eigenvalue weighted by Crippen LogP contribution is 2.33. The Morgan fingerprint density at radius 3 is 2.56 bits per heavy atom. The number of nitrogens with two attached hydrogens (primary N) is 1. The van der Waals surface area contributed by atoms with Crippen molar-refractivity contribution in [2.75, 3.05) is 5.73 Å². The fraction of sp³-hybridized carbons (Fsp3) is 0.154. The molecule has 0 spiro atoms. The first-order valence-electron chi connectivity index (χ1n) is 5.71. The number of aryl methyl sites for hydroxylation is 2. The maximum atomic E-state index is 5.67. The molecule has 3 heterocycles. The lowest BCUT2D eigenvalue weighted by molar-refractivity contribution is 0.985. The Kier molecular flexibility index (Phi) is 2.48. The van der Waals surface area contributed by atoms with E-state index >= 15 is 0 Å². The van der Waals surface area contributed by atoms with Crippen LogP contribution in [0.1, 0.15) is 11.4 Å². The molecule has 0 saturated heterocycles. The van der Waals surface area contributed by atoms with E-state index in [-0.39, 0.29) is 0 Å². The van der Waals surface area contributed by atoms with Crippen LogP contribution in [0.2, 0.25) is 0 Å². The Labute approximate surface area is 109 Å². The highest BCUT2D eigenvalue weighted by atomic mass is 32.1. The van der Waals surface area contributed by atoms with Crippen molar-refractivity contribution >= 4 is 17.2 Å². The minimum Gasteiger partial charge on any atom is -0.382 e. The summed E-state index contributed by atoms with van der Waals surface area (Å²) in [5.74, 6) is 0.517. The van der Waals surface area contributed by atoms with Crippen molar-refractivity contribution in [3.8, 4) is 16.3 Å². The lowest BCUT2D eigenvalue weighted by atomic mass is 10.2. The second-order valence-corrected chi connectivity index (χ2v) is 5.19.